The lowest BCUT2D eigenvalue weighted by Crippen LogP contribution is -2.36. The van der Waals surface area contributed by atoms with Gasteiger partial charge in [-0.1, -0.05) is 19.8 Å². The highest BCUT2D eigenvalue weighted by Gasteiger charge is 2.16. The number of piperidine rings is 1. The Morgan fingerprint density at radius 2 is 1.89 bits per heavy atom. The molecule has 0 aromatic heterocycles. The van der Waals surface area contributed by atoms with E-state index in [2.05, 4.69) is 17.6 Å². The molecule has 0 aromatic carbocycles. The van der Waals surface area contributed by atoms with Crippen LogP contribution in [0, 0.1) is 5.92 Å². The number of ether oxygens (including phenoxy) is 1. The van der Waals surface area contributed by atoms with Crippen LogP contribution >= 0.6 is 0 Å². The summed E-state index contributed by atoms with van der Waals surface area (Å²) in [6.45, 7) is 6.56. The molecule has 1 saturated heterocycles. The third kappa shape index (κ3) is 5.25. The zero-order chi connectivity index (χ0) is 12.6. The van der Waals surface area contributed by atoms with Crippen LogP contribution in [-0.4, -0.2) is 38.4 Å². The minimum Gasteiger partial charge on any atom is -0.377 e. The lowest BCUT2D eigenvalue weighted by molar-refractivity contribution is 0.0337. The predicted molar refractivity (Wildman–Crippen MR) is 75.9 cm³/mol. The molecule has 0 aromatic rings. The minimum atomic E-state index is 0.502. The van der Waals surface area contributed by atoms with Crippen LogP contribution in [0.25, 0.3) is 0 Å². The Hall–Kier alpha value is -0.120. The fraction of sp³-hybridized carbons (Fsp3) is 1.00. The Kier molecular flexibility index (Phi) is 6.46. The molecule has 2 unspecified atom stereocenters. The van der Waals surface area contributed by atoms with Gasteiger partial charge >= 0.3 is 0 Å². The van der Waals surface area contributed by atoms with Gasteiger partial charge in [-0.25, -0.2) is 0 Å². The third-order valence-corrected chi connectivity index (χ3v) is 4.43. The van der Waals surface area contributed by atoms with Crippen molar-refractivity contribution in [3.05, 3.63) is 0 Å². The van der Waals surface area contributed by atoms with Crippen LogP contribution in [0.15, 0.2) is 0 Å². The maximum atomic E-state index is 5.92. The molecule has 1 saturated carbocycles. The normalized spacial score (nSPS) is 31.2. The van der Waals surface area contributed by atoms with E-state index < -0.39 is 0 Å². The summed E-state index contributed by atoms with van der Waals surface area (Å²) in [6, 6.07) is 0.742. The molecule has 0 spiro atoms. The van der Waals surface area contributed by atoms with Crippen LogP contribution in [0.3, 0.4) is 0 Å². The van der Waals surface area contributed by atoms with Gasteiger partial charge in [0.2, 0.25) is 0 Å². The molecule has 3 heteroatoms. The first-order valence-corrected chi connectivity index (χ1v) is 7.90. The Morgan fingerprint density at radius 3 is 2.72 bits per heavy atom. The number of hydrogen-bond acceptors (Lipinski definition) is 3. The van der Waals surface area contributed by atoms with E-state index in [0.717, 1.165) is 38.2 Å². The maximum absolute atomic E-state index is 5.92. The summed E-state index contributed by atoms with van der Waals surface area (Å²) in [6.07, 6.45) is 9.79. The average molecular weight is 254 g/mol. The monoisotopic (exact) mass is 254 g/mol. The maximum Gasteiger partial charge on any atom is 0.0600 e. The number of rotatable bonds is 5. The topological polar surface area (TPSA) is 33.3 Å². The molecule has 1 aliphatic carbocycles. The first-order valence-electron chi connectivity index (χ1n) is 7.90. The molecule has 3 nitrogen and oxygen atoms in total. The van der Waals surface area contributed by atoms with E-state index in [1.165, 1.54) is 44.9 Å². The van der Waals surface area contributed by atoms with Crippen molar-refractivity contribution in [2.75, 3.05) is 26.2 Å². The van der Waals surface area contributed by atoms with Crippen LogP contribution in [0.2, 0.25) is 0 Å². The van der Waals surface area contributed by atoms with Crippen LogP contribution in [0.5, 0.6) is 0 Å². The van der Waals surface area contributed by atoms with Crippen molar-refractivity contribution < 1.29 is 4.74 Å². The van der Waals surface area contributed by atoms with E-state index in [0.29, 0.717) is 6.10 Å². The van der Waals surface area contributed by atoms with Crippen LogP contribution in [-0.2, 0) is 4.74 Å². The van der Waals surface area contributed by atoms with Crippen molar-refractivity contribution in [3.63, 3.8) is 0 Å². The van der Waals surface area contributed by atoms with Gasteiger partial charge in [0.15, 0.2) is 0 Å². The zero-order valence-corrected chi connectivity index (χ0v) is 11.9. The Balaban J connectivity index is 1.51. The molecular weight excluding hydrogens is 224 g/mol. The molecule has 2 fully saturated rings. The van der Waals surface area contributed by atoms with E-state index in [1.54, 1.807) is 0 Å². The second-order valence-electron chi connectivity index (χ2n) is 6.08. The lowest BCUT2D eigenvalue weighted by atomic mass is 10.0. The molecule has 1 heterocycles. The van der Waals surface area contributed by atoms with Gasteiger partial charge in [-0.15, -0.1) is 0 Å². The fourth-order valence-corrected chi connectivity index (χ4v) is 3.14. The molecule has 106 valence electrons. The quantitative estimate of drug-likeness (QED) is 0.583. The van der Waals surface area contributed by atoms with E-state index in [-0.39, 0.29) is 0 Å². The van der Waals surface area contributed by atoms with E-state index in [9.17, 15) is 0 Å². The summed E-state index contributed by atoms with van der Waals surface area (Å²) in [7, 11) is 0. The summed E-state index contributed by atoms with van der Waals surface area (Å²) in [5.41, 5.74) is 0. The standard InChI is InChI=1S/C15H30N2O/c1-13-3-2-4-14(6-5-13)17-11-12-18-15-7-9-16-10-8-15/h13-17H,2-12H2,1H3. The summed E-state index contributed by atoms with van der Waals surface area (Å²) >= 11 is 0. The summed E-state index contributed by atoms with van der Waals surface area (Å²) in [5.74, 6) is 0.933. The van der Waals surface area contributed by atoms with Gasteiger partial charge in [-0.3, -0.25) is 0 Å². The smallest absolute Gasteiger partial charge is 0.0600 e. The third-order valence-electron chi connectivity index (χ3n) is 4.43. The van der Waals surface area contributed by atoms with Gasteiger partial charge in [0.25, 0.3) is 0 Å². The molecule has 1 aliphatic heterocycles. The van der Waals surface area contributed by atoms with Gasteiger partial charge in [0.05, 0.1) is 12.7 Å². The van der Waals surface area contributed by atoms with Crippen molar-refractivity contribution in [2.45, 2.75) is 64.0 Å². The van der Waals surface area contributed by atoms with Crippen LogP contribution in [0.4, 0.5) is 0 Å². The van der Waals surface area contributed by atoms with Gasteiger partial charge in [0, 0.05) is 12.6 Å². The van der Waals surface area contributed by atoms with Gasteiger partial charge < -0.3 is 15.4 Å². The summed E-state index contributed by atoms with van der Waals surface area (Å²) < 4.78 is 5.92. The van der Waals surface area contributed by atoms with Gasteiger partial charge in [-0.05, 0) is 51.1 Å². The predicted octanol–water partition coefficient (Wildman–Crippen LogP) is 2.31. The molecule has 0 radical (unpaired) electrons. The van der Waals surface area contributed by atoms with Crippen LogP contribution in [0.1, 0.15) is 51.9 Å². The molecule has 2 atom stereocenters. The van der Waals surface area contributed by atoms with Gasteiger partial charge in [0.1, 0.15) is 0 Å². The van der Waals surface area contributed by atoms with Crippen LogP contribution < -0.4 is 10.6 Å². The molecule has 2 rings (SSSR count). The molecule has 2 aliphatic rings. The number of hydrogen-bond donors (Lipinski definition) is 2. The number of nitrogens with one attached hydrogen (secondary N) is 2. The van der Waals surface area contributed by atoms with Crippen molar-refractivity contribution in [1.29, 1.82) is 0 Å². The highest BCUT2D eigenvalue weighted by Crippen LogP contribution is 2.22. The van der Waals surface area contributed by atoms with Crippen molar-refractivity contribution in [3.8, 4) is 0 Å². The lowest BCUT2D eigenvalue weighted by Gasteiger charge is -2.23. The molecule has 2 N–H and O–H groups in total. The van der Waals surface area contributed by atoms with Crippen molar-refractivity contribution in [2.24, 2.45) is 5.92 Å². The second-order valence-corrected chi connectivity index (χ2v) is 6.08. The second kappa shape index (κ2) is 8.13. The summed E-state index contributed by atoms with van der Waals surface area (Å²) in [5, 5.41) is 7.05. The fourth-order valence-electron chi connectivity index (χ4n) is 3.14. The first kappa shape index (κ1) is 14.3. The molecular formula is C15H30N2O. The SMILES string of the molecule is CC1CCCC(NCCOC2CCNCC2)CC1. The Labute approximate surface area is 112 Å². The van der Waals surface area contributed by atoms with E-state index >= 15 is 0 Å². The van der Waals surface area contributed by atoms with E-state index in [1.807, 2.05) is 0 Å². The van der Waals surface area contributed by atoms with Crippen molar-refractivity contribution >= 4 is 0 Å². The van der Waals surface area contributed by atoms with Gasteiger partial charge in [-0.2, -0.15) is 0 Å². The Morgan fingerprint density at radius 1 is 1.06 bits per heavy atom. The minimum absolute atomic E-state index is 0.502. The zero-order valence-electron chi connectivity index (χ0n) is 11.9. The van der Waals surface area contributed by atoms with E-state index in [4.69, 9.17) is 4.74 Å². The molecule has 18 heavy (non-hydrogen) atoms. The molecule has 0 bridgehead atoms. The Bertz CT molecular complexity index is 217. The largest absolute Gasteiger partial charge is 0.377 e. The highest BCUT2D eigenvalue weighted by atomic mass is 16.5. The summed E-state index contributed by atoms with van der Waals surface area (Å²) in [4.78, 5) is 0. The van der Waals surface area contributed by atoms with Crippen molar-refractivity contribution in [1.82, 2.24) is 10.6 Å². The highest BCUT2D eigenvalue weighted by molar-refractivity contribution is 4.73. The molecule has 0 amide bonds. The average Bonchev–Trinajstić information content (AvgIpc) is 2.61. The first-order chi connectivity index (χ1) is 8.84.